The molecule has 0 bridgehead atoms. The number of aryl methyl sites for hydroxylation is 5. The minimum atomic E-state index is -1.79. The molecular formula is C71H86N3O16P3. The van der Waals surface area contributed by atoms with Gasteiger partial charge in [-0.2, -0.15) is 13.9 Å². The average molecular weight is 1330 g/mol. The van der Waals surface area contributed by atoms with E-state index in [4.69, 9.17) is 80.1 Å². The fourth-order valence-corrected chi connectivity index (χ4v) is 13.4. The molecule has 6 heterocycles. The van der Waals surface area contributed by atoms with E-state index in [1.54, 1.807) is 0 Å². The van der Waals surface area contributed by atoms with Crippen LogP contribution in [0.25, 0.3) is 0 Å². The molecule has 496 valence electrons. The van der Waals surface area contributed by atoms with Gasteiger partial charge in [0.05, 0.1) is 66.1 Å². The SMILES string of the molecule is c1ccc(Oc2c(Oc3ccccc3CCCCOCC3CO3)c(Oc3ccccc3CCCCOCC3CO3)c(OP3N=PN=PN3)c(Oc3ccccc3CCCCOCC3CO3)c2Oc2ccccc2CCCCOCC2CO2)c(CCCCOCC2CO2)c1. The number of nitrogens with one attached hydrogen (secondary N) is 1. The molecule has 0 aliphatic carbocycles. The van der Waals surface area contributed by atoms with Crippen LogP contribution in [-0.4, -0.2) is 130 Å². The molecule has 0 spiro atoms. The summed E-state index contributed by atoms with van der Waals surface area (Å²) >= 11 is 0. The van der Waals surface area contributed by atoms with Crippen LogP contribution >= 0.6 is 25.5 Å². The lowest BCUT2D eigenvalue weighted by Gasteiger charge is -2.27. The molecule has 0 radical (unpaired) electrons. The number of para-hydroxylation sites is 5. The van der Waals surface area contributed by atoms with Gasteiger partial charge in [-0.3, -0.25) is 0 Å². The summed E-state index contributed by atoms with van der Waals surface area (Å²) in [6.07, 6.45) is 12.9. The van der Waals surface area contributed by atoms with Crippen LogP contribution in [0.15, 0.2) is 130 Å². The first-order valence-electron chi connectivity index (χ1n) is 33.2. The second-order valence-electron chi connectivity index (χ2n) is 23.8. The van der Waals surface area contributed by atoms with Crippen LogP contribution in [0.1, 0.15) is 92.0 Å². The first-order valence-corrected chi connectivity index (χ1v) is 36.0. The van der Waals surface area contributed by atoms with E-state index in [9.17, 15) is 0 Å². The summed E-state index contributed by atoms with van der Waals surface area (Å²) in [7, 11) is -0.677. The Morgan fingerprint density at radius 3 is 0.828 bits per heavy atom. The minimum absolute atomic E-state index is 0.187. The maximum atomic E-state index is 7.66. The molecule has 12 rings (SSSR count). The molecule has 6 aliphatic rings. The molecule has 6 unspecified atom stereocenters. The van der Waals surface area contributed by atoms with E-state index in [-0.39, 0.29) is 65.0 Å². The molecule has 0 saturated carbocycles. The van der Waals surface area contributed by atoms with Crippen molar-refractivity contribution in [1.82, 2.24) is 4.86 Å². The fraction of sp³-hybridized carbons (Fsp3) is 0.493. The Kier molecular flexibility index (Phi) is 26.4. The minimum Gasteiger partial charge on any atom is -0.449 e. The number of ether oxygens (including phenoxy) is 15. The summed E-state index contributed by atoms with van der Waals surface area (Å²) in [6, 6.07) is 40.6. The molecule has 5 fully saturated rings. The third-order valence-corrected chi connectivity index (χ3v) is 19.2. The van der Waals surface area contributed by atoms with Crippen LogP contribution in [0.3, 0.4) is 0 Å². The van der Waals surface area contributed by atoms with Crippen LogP contribution < -0.4 is 33.1 Å². The monoisotopic (exact) mass is 1330 g/mol. The van der Waals surface area contributed by atoms with Gasteiger partial charge < -0.3 is 75.6 Å². The third-order valence-electron chi connectivity index (χ3n) is 16.1. The van der Waals surface area contributed by atoms with Crippen molar-refractivity contribution in [1.29, 1.82) is 0 Å². The average Bonchev–Trinajstić information content (AvgIpc) is 1.71. The van der Waals surface area contributed by atoms with E-state index in [1.807, 2.05) is 91.0 Å². The Labute approximate surface area is 550 Å². The summed E-state index contributed by atoms with van der Waals surface area (Å²) in [5.41, 5.74) is 4.88. The number of unbranched alkanes of at least 4 members (excludes halogenated alkanes) is 5. The van der Waals surface area contributed by atoms with Crippen molar-refractivity contribution in [3.05, 3.63) is 149 Å². The van der Waals surface area contributed by atoms with Gasteiger partial charge in [-0.25, -0.2) is 0 Å². The highest BCUT2D eigenvalue weighted by Gasteiger charge is 2.38. The smallest absolute Gasteiger partial charge is 0.311 e. The van der Waals surface area contributed by atoms with E-state index < -0.39 is 8.45 Å². The highest BCUT2D eigenvalue weighted by Crippen LogP contribution is 2.65. The fourth-order valence-electron chi connectivity index (χ4n) is 10.5. The summed E-state index contributed by atoms with van der Waals surface area (Å²) in [5.74, 6) is 4.16. The Hall–Kier alpha value is -5.69. The third kappa shape index (κ3) is 22.5. The predicted octanol–water partition coefficient (Wildman–Crippen LogP) is 16.6. The molecule has 6 aliphatic heterocycles. The topological polar surface area (TPSA) is 201 Å². The lowest BCUT2D eigenvalue weighted by Crippen LogP contribution is -2.07. The molecule has 6 aromatic carbocycles. The van der Waals surface area contributed by atoms with Gasteiger partial charge in [0.15, 0.2) is 8.52 Å². The van der Waals surface area contributed by atoms with E-state index in [0.29, 0.717) is 144 Å². The Morgan fingerprint density at radius 2 is 0.591 bits per heavy atom. The van der Waals surface area contributed by atoms with Crippen molar-refractivity contribution >= 4 is 25.5 Å². The summed E-state index contributed by atoms with van der Waals surface area (Å²) in [5, 5.41) is 0. The number of rotatable bonds is 47. The van der Waals surface area contributed by atoms with Crippen molar-refractivity contribution in [3.8, 4) is 63.2 Å². The number of nitrogens with zero attached hydrogens (tertiary/aromatic N) is 2. The van der Waals surface area contributed by atoms with Crippen LogP contribution in [-0.2, 0) is 79.5 Å². The quantitative estimate of drug-likeness (QED) is 0.0215. The maximum absolute atomic E-state index is 7.66. The molecular weight excluding hydrogens is 1240 g/mol. The predicted molar refractivity (Wildman–Crippen MR) is 356 cm³/mol. The van der Waals surface area contributed by atoms with Gasteiger partial charge in [0.2, 0.25) is 34.5 Å². The van der Waals surface area contributed by atoms with Gasteiger partial charge in [-0.05, 0) is 154 Å². The van der Waals surface area contributed by atoms with Gasteiger partial charge in [-0.15, -0.1) is 0 Å². The van der Waals surface area contributed by atoms with Crippen molar-refractivity contribution in [2.45, 2.75) is 127 Å². The lowest BCUT2D eigenvalue weighted by molar-refractivity contribution is 0.113. The van der Waals surface area contributed by atoms with Crippen LogP contribution in [0, 0.1) is 0 Å². The number of hydrogen-bond donors (Lipinski definition) is 1. The number of hydrogen-bond acceptors (Lipinski definition) is 19. The highest BCUT2D eigenvalue weighted by molar-refractivity contribution is 7.64. The second-order valence-corrected chi connectivity index (χ2v) is 27.1. The zero-order valence-corrected chi connectivity index (χ0v) is 55.6. The van der Waals surface area contributed by atoms with Crippen LogP contribution in [0.4, 0.5) is 0 Å². The molecule has 6 atom stereocenters. The zero-order chi connectivity index (χ0) is 62.9. The van der Waals surface area contributed by atoms with Crippen molar-refractivity contribution < 1.29 is 75.6 Å². The van der Waals surface area contributed by atoms with E-state index in [0.717, 1.165) is 125 Å². The largest absolute Gasteiger partial charge is 0.449 e. The number of epoxide rings is 5. The van der Waals surface area contributed by atoms with Gasteiger partial charge in [0, 0.05) is 33.0 Å². The van der Waals surface area contributed by atoms with Crippen LogP contribution in [0.2, 0.25) is 0 Å². The van der Waals surface area contributed by atoms with Gasteiger partial charge in [0.25, 0.3) is 0 Å². The van der Waals surface area contributed by atoms with Crippen molar-refractivity contribution in [2.24, 2.45) is 9.03 Å². The summed E-state index contributed by atoms with van der Waals surface area (Å²) in [4.78, 5) is 3.40. The van der Waals surface area contributed by atoms with Crippen molar-refractivity contribution in [3.63, 3.8) is 0 Å². The summed E-state index contributed by atoms with van der Waals surface area (Å²) in [6.45, 7) is 9.93. The number of benzene rings is 6. The molecule has 0 aromatic heterocycles. The first kappa shape index (κ1) is 67.3. The molecule has 22 heteroatoms. The maximum Gasteiger partial charge on any atom is 0.311 e. The highest BCUT2D eigenvalue weighted by atomic mass is 31.2. The zero-order valence-electron chi connectivity index (χ0n) is 52.9. The molecule has 0 amide bonds. The molecule has 19 nitrogen and oxygen atoms in total. The molecule has 93 heavy (non-hydrogen) atoms. The molecule has 6 aromatic rings. The standard InChI is InChI=1S/C71H86N3O16P3/c1-6-31-61(51(21-1)26-11-16-36-75-41-56-46-80-56)85-66-67(86-62-32-7-2-22-52(62)27-12-17-37-76-42-57-47-81-57)69(88-64-34-9-4-24-54(64)29-14-19-39-78-44-59-49-83-59)71(90-93-73-91-72-92-74-93)70(89-65-35-10-5-25-55(65)30-15-20-40-79-45-60-50-84-60)68(66)87-63-33-8-3-23-53(63)28-13-18-38-77-43-58-48-82-58/h1-10,21-25,31-35,56-60H,11-20,26-30,36-50H2,(H,72,73,74). The van der Waals surface area contributed by atoms with Gasteiger partial charge >= 0.3 is 8.45 Å². The Bertz CT molecular complexity index is 3180. The Balaban J connectivity index is 1.00. The lowest BCUT2D eigenvalue weighted by atomic mass is 10.1. The normalized spacial score (nSPS) is 20.0. The Morgan fingerprint density at radius 1 is 0.344 bits per heavy atom. The second kappa shape index (κ2) is 36.4. The van der Waals surface area contributed by atoms with Gasteiger partial charge in [-0.1, -0.05) is 91.0 Å². The molecule has 1 N–H and O–H groups in total. The summed E-state index contributed by atoms with van der Waals surface area (Å²) < 4.78 is 112. The van der Waals surface area contributed by atoms with Crippen molar-refractivity contribution in [2.75, 3.05) is 99.1 Å². The van der Waals surface area contributed by atoms with E-state index in [2.05, 4.69) is 39.7 Å². The molecule has 5 saturated heterocycles. The van der Waals surface area contributed by atoms with Crippen LogP contribution in [0.5, 0.6) is 63.2 Å². The van der Waals surface area contributed by atoms with Gasteiger partial charge in [0.1, 0.15) is 67.8 Å². The van der Waals surface area contributed by atoms with E-state index in [1.165, 1.54) is 0 Å². The van der Waals surface area contributed by atoms with E-state index >= 15 is 0 Å². The first-order chi connectivity index (χ1) is 46.1.